The summed E-state index contributed by atoms with van der Waals surface area (Å²) in [5, 5.41) is 0. The predicted octanol–water partition coefficient (Wildman–Crippen LogP) is 20.7. The van der Waals surface area contributed by atoms with Gasteiger partial charge in [-0.05, 0) is 128 Å². The molecule has 0 bridgehead atoms. The molecule has 6 heteroatoms. The second-order valence-electron chi connectivity index (χ2n) is 19.9. The fourth-order valence-electron chi connectivity index (χ4n) is 8.18. The highest BCUT2D eigenvalue weighted by atomic mass is 16.6. The maximum atomic E-state index is 12.9. The molecule has 0 saturated heterocycles. The Kier molecular flexibility index (Phi) is 57.4. The van der Waals surface area contributed by atoms with Gasteiger partial charge in [-0.3, -0.25) is 14.4 Å². The van der Waals surface area contributed by atoms with Gasteiger partial charge in [-0.25, -0.2) is 0 Å². The second kappa shape index (κ2) is 60.6. The zero-order valence-corrected chi connectivity index (χ0v) is 47.6. The molecule has 416 valence electrons. The summed E-state index contributed by atoms with van der Waals surface area (Å²) in [5.74, 6) is -0.936. The van der Waals surface area contributed by atoms with Crippen LogP contribution >= 0.6 is 0 Å². The largest absolute Gasteiger partial charge is 0.462 e. The quantitative estimate of drug-likeness (QED) is 0.0261. The number of allylic oxidation sites excluding steroid dienone is 18. The van der Waals surface area contributed by atoms with E-state index < -0.39 is 6.10 Å². The number of carbonyl (C=O) groups is 3. The molecule has 0 fully saturated rings. The molecule has 0 saturated carbocycles. The van der Waals surface area contributed by atoms with Crippen LogP contribution in [0, 0.1) is 0 Å². The lowest BCUT2D eigenvalue weighted by Crippen LogP contribution is -2.30. The average Bonchev–Trinajstić information content (AvgIpc) is 3.39. The van der Waals surface area contributed by atoms with E-state index in [0.29, 0.717) is 19.3 Å². The minimum atomic E-state index is -0.801. The maximum Gasteiger partial charge on any atom is 0.306 e. The van der Waals surface area contributed by atoms with Gasteiger partial charge in [-0.2, -0.15) is 0 Å². The van der Waals surface area contributed by atoms with Crippen molar-refractivity contribution in [3.63, 3.8) is 0 Å². The standard InChI is InChI=1S/C67H112O6/c1-4-7-10-13-16-19-22-25-28-31-33-36-39-42-45-48-51-54-57-60-66(69)72-63-64(62-71-65(68)59-56-53-50-47-44-41-38-35-30-27-24-21-18-15-12-9-6-3)73-67(70)61-58-55-52-49-46-43-40-37-34-32-29-26-23-20-17-14-11-8-5-2/h7,10,16-21,25-30,33,36,42,45,64H,4-6,8-9,11-15,22-24,31-32,34-35,37-41,43-44,46-63H2,1-3H3/b10-7-,19-16-,20-17-,21-18-,28-25-,29-26-,30-27-,36-33-,45-42-/t64-/m0/s1. The molecule has 0 spiro atoms. The lowest BCUT2D eigenvalue weighted by Gasteiger charge is -2.18. The summed E-state index contributed by atoms with van der Waals surface area (Å²) in [7, 11) is 0. The third kappa shape index (κ3) is 58.8. The van der Waals surface area contributed by atoms with Crippen molar-refractivity contribution in [1.29, 1.82) is 0 Å². The highest BCUT2D eigenvalue weighted by molar-refractivity contribution is 5.71. The molecule has 0 aromatic rings. The molecule has 0 aromatic heterocycles. The van der Waals surface area contributed by atoms with Crippen LogP contribution in [0.1, 0.15) is 278 Å². The highest BCUT2D eigenvalue weighted by Crippen LogP contribution is 2.15. The van der Waals surface area contributed by atoms with Crippen molar-refractivity contribution in [3.05, 3.63) is 109 Å². The first-order valence-electron chi connectivity index (χ1n) is 30.4. The van der Waals surface area contributed by atoms with Crippen molar-refractivity contribution in [1.82, 2.24) is 0 Å². The van der Waals surface area contributed by atoms with E-state index in [1.165, 1.54) is 122 Å². The van der Waals surface area contributed by atoms with Gasteiger partial charge in [0.15, 0.2) is 6.10 Å². The van der Waals surface area contributed by atoms with Crippen molar-refractivity contribution >= 4 is 17.9 Å². The summed E-state index contributed by atoms with van der Waals surface area (Å²) >= 11 is 0. The van der Waals surface area contributed by atoms with Gasteiger partial charge in [-0.1, -0.05) is 239 Å². The van der Waals surface area contributed by atoms with Gasteiger partial charge in [0.05, 0.1) is 0 Å². The molecule has 0 aromatic carbocycles. The van der Waals surface area contributed by atoms with Crippen molar-refractivity contribution in [2.24, 2.45) is 0 Å². The Hall–Kier alpha value is -3.93. The molecule has 73 heavy (non-hydrogen) atoms. The monoisotopic (exact) mass is 1010 g/mol. The zero-order valence-electron chi connectivity index (χ0n) is 47.6. The lowest BCUT2D eigenvalue weighted by molar-refractivity contribution is -0.167. The SMILES string of the molecule is CC/C=C\C/C=C\C/C=C\C/C=C\C/C=C\CCCCCC(=O)OC[C@H](COC(=O)CCCCCCCCC/C=C\C/C=C\CCCCC)OC(=O)CCCCCCCCCCC/C=C\C/C=C\CCCCC. The Morgan fingerprint density at radius 3 is 0.849 bits per heavy atom. The summed E-state index contributed by atoms with van der Waals surface area (Å²) in [6, 6.07) is 0. The number of esters is 3. The zero-order chi connectivity index (χ0) is 52.9. The van der Waals surface area contributed by atoms with Gasteiger partial charge in [0.1, 0.15) is 13.2 Å². The van der Waals surface area contributed by atoms with Gasteiger partial charge in [-0.15, -0.1) is 0 Å². The smallest absolute Gasteiger partial charge is 0.306 e. The van der Waals surface area contributed by atoms with E-state index in [2.05, 4.69) is 130 Å². The molecule has 0 heterocycles. The van der Waals surface area contributed by atoms with Crippen LogP contribution < -0.4 is 0 Å². The van der Waals surface area contributed by atoms with Crippen molar-refractivity contribution in [2.45, 2.75) is 284 Å². The third-order valence-electron chi connectivity index (χ3n) is 12.7. The number of carbonyl (C=O) groups excluding carboxylic acids is 3. The molecule has 6 nitrogen and oxygen atoms in total. The summed E-state index contributed by atoms with van der Waals surface area (Å²) in [6.45, 7) is 6.45. The molecular weight excluding hydrogens is 901 g/mol. The Balaban J connectivity index is 4.47. The molecule has 0 aliphatic rings. The van der Waals surface area contributed by atoms with E-state index >= 15 is 0 Å². The fraction of sp³-hybridized carbons (Fsp3) is 0.687. The Morgan fingerprint density at radius 1 is 0.288 bits per heavy atom. The van der Waals surface area contributed by atoms with E-state index in [1.807, 2.05) is 0 Å². The highest BCUT2D eigenvalue weighted by Gasteiger charge is 2.19. The summed E-state index contributed by atoms with van der Waals surface area (Å²) in [5.41, 5.74) is 0. The molecule has 0 radical (unpaired) electrons. The van der Waals surface area contributed by atoms with Crippen molar-refractivity contribution in [2.75, 3.05) is 13.2 Å². The van der Waals surface area contributed by atoms with Crippen molar-refractivity contribution < 1.29 is 28.6 Å². The van der Waals surface area contributed by atoms with E-state index in [9.17, 15) is 14.4 Å². The van der Waals surface area contributed by atoms with Crippen LogP contribution in [0.25, 0.3) is 0 Å². The second-order valence-corrected chi connectivity index (χ2v) is 19.9. The summed E-state index contributed by atoms with van der Waals surface area (Å²) < 4.78 is 16.9. The Morgan fingerprint density at radius 2 is 0.534 bits per heavy atom. The van der Waals surface area contributed by atoms with Crippen LogP contribution in [-0.2, 0) is 28.6 Å². The number of hydrogen-bond donors (Lipinski definition) is 0. The van der Waals surface area contributed by atoms with Gasteiger partial charge >= 0.3 is 17.9 Å². The Bertz CT molecular complexity index is 1490. The van der Waals surface area contributed by atoms with Gasteiger partial charge in [0, 0.05) is 19.3 Å². The van der Waals surface area contributed by atoms with Gasteiger partial charge in [0.2, 0.25) is 0 Å². The van der Waals surface area contributed by atoms with Gasteiger partial charge in [0.25, 0.3) is 0 Å². The fourth-order valence-corrected chi connectivity index (χ4v) is 8.18. The van der Waals surface area contributed by atoms with Crippen LogP contribution in [0.3, 0.4) is 0 Å². The van der Waals surface area contributed by atoms with Gasteiger partial charge < -0.3 is 14.2 Å². The summed E-state index contributed by atoms with van der Waals surface area (Å²) in [6.07, 6.45) is 82.2. The lowest BCUT2D eigenvalue weighted by atomic mass is 10.1. The first-order valence-corrected chi connectivity index (χ1v) is 30.4. The number of rotatable bonds is 54. The normalized spacial score (nSPS) is 12.9. The molecule has 0 rings (SSSR count). The predicted molar refractivity (Wildman–Crippen MR) is 316 cm³/mol. The van der Waals surface area contributed by atoms with Crippen LogP contribution in [0.2, 0.25) is 0 Å². The Labute approximate surface area is 450 Å². The van der Waals surface area contributed by atoms with E-state index in [1.54, 1.807) is 0 Å². The molecule has 0 N–H and O–H groups in total. The topological polar surface area (TPSA) is 78.9 Å². The van der Waals surface area contributed by atoms with E-state index in [-0.39, 0.29) is 31.1 Å². The maximum absolute atomic E-state index is 12.9. The van der Waals surface area contributed by atoms with E-state index in [4.69, 9.17) is 14.2 Å². The minimum absolute atomic E-state index is 0.0956. The number of hydrogen-bond acceptors (Lipinski definition) is 6. The number of ether oxygens (including phenoxy) is 3. The molecule has 0 amide bonds. The molecular formula is C67H112O6. The average molecular weight is 1010 g/mol. The molecule has 0 aliphatic carbocycles. The molecule has 0 unspecified atom stereocenters. The molecule has 1 atom stereocenters. The summed E-state index contributed by atoms with van der Waals surface area (Å²) in [4.78, 5) is 38.3. The van der Waals surface area contributed by atoms with Crippen molar-refractivity contribution in [3.8, 4) is 0 Å². The minimum Gasteiger partial charge on any atom is -0.462 e. The number of unbranched alkanes of at least 4 members (excludes halogenated alkanes) is 25. The van der Waals surface area contributed by atoms with Crippen LogP contribution in [-0.4, -0.2) is 37.2 Å². The molecule has 0 aliphatic heterocycles. The first kappa shape index (κ1) is 69.1. The van der Waals surface area contributed by atoms with Crippen LogP contribution in [0.15, 0.2) is 109 Å². The van der Waals surface area contributed by atoms with Crippen LogP contribution in [0.5, 0.6) is 0 Å². The first-order chi connectivity index (χ1) is 36.0. The third-order valence-corrected chi connectivity index (χ3v) is 12.7. The van der Waals surface area contributed by atoms with E-state index in [0.717, 1.165) is 116 Å². The van der Waals surface area contributed by atoms with Crippen LogP contribution in [0.4, 0.5) is 0 Å².